The summed E-state index contributed by atoms with van der Waals surface area (Å²) in [6.45, 7) is 2.14. The largest absolute Gasteiger partial charge is 0.486 e. The number of nitrogens with one attached hydrogen (secondary N) is 1. The number of aromatic nitrogens is 2. The molecule has 1 N–H and O–H groups in total. The first-order chi connectivity index (χ1) is 12.6. The van der Waals surface area contributed by atoms with Crippen molar-refractivity contribution >= 4 is 34.0 Å². The molecule has 3 aromatic rings. The molecule has 3 rings (SSSR count). The molecule has 26 heavy (non-hydrogen) atoms. The van der Waals surface area contributed by atoms with Gasteiger partial charge >= 0.3 is 0 Å². The molecule has 1 aromatic heterocycles. The van der Waals surface area contributed by atoms with Gasteiger partial charge in [0.1, 0.15) is 18.1 Å². The lowest BCUT2D eigenvalue weighted by Gasteiger charge is -2.06. The smallest absolute Gasteiger partial charge is 0.264 e. The van der Waals surface area contributed by atoms with E-state index in [1.807, 2.05) is 31.2 Å². The zero-order valence-corrected chi connectivity index (χ0v) is 15.5. The van der Waals surface area contributed by atoms with E-state index in [-0.39, 0.29) is 12.5 Å². The Hall–Kier alpha value is -2.64. The lowest BCUT2D eigenvalue weighted by Crippen LogP contribution is -2.20. The number of hydrogen-bond donors (Lipinski definition) is 1. The summed E-state index contributed by atoms with van der Waals surface area (Å²) in [5, 5.41) is 12.3. The normalized spacial score (nSPS) is 10.4. The van der Waals surface area contributed by atoms with Gasteiger partial charge in [0.15, 0.2) is 11.6 Å². The molecule has 0 spiro atoms. The summed E-state index contributed by atoms with van der Waals surface area (Å²) < 4.78 is 11.1. The summed E-state index contributed by atoms with van der Waals surface area (Å²) in [4.78, 5) is 11.9. The average molecular weight is 390 g/mol. The summed E-state index contributed by atoms with van der Waals surface area (Å²) in [6.07, 6.45) is 0. The minimum atomic E-state index is -0.317. The van der Waals surface area contributed by atoms with Crippen LogP contribution >= 0.6 is 22.9 Å². The molecule has 1 heterocycles. The second-order valence-electron chi connectivity index (χ2n) is 5.35. The number of amides is 1. The number of rotatable bonds is 7. The van der Waals surface area contributed by atoms with E-state index in [9.17, 15) is 4.79 Å². The Morgan fingerprint density at radius 2 is 1.88 bits per heavy atom. The molecule has 0 aliphatic carbocycles. The van der Waals surface area contributed by atoms with Crippen LogP contribution in [0.4, 0.5) is 5.13 Å². The molecule has 0 saturated carbocycles. The van der Waals surface area contributed by atoms with Crippen molar-refractivity contribution in [3.05, 3.63) is 64.1 Å². The number of benzene rings is 2. The highest BCUT2D eigenvalue weighted by Gasteiger charge is 2.10. The Labute approximate surface area is 159 Å². The van der Waals surface area contributed by atoms with Gasteiger partial charge in [-0.15, -0.1) is 10.2 Å². The fourth-order valence-corrected chi connectivity index (χ4v) is 2.85. The van der Waals surface area contributed by atoms with Gasteiger partial charge < -0.3 is 9.47 Å². The second kappa shape index (κ2) is 8.64. The molecule has 0 radical (unpaired) electrons. The van der Waals surface area contributed by atoms with Gasteiger partial charge in [0, 0.05) is 5.02 Å². The van der Waals surface area contributed by atoms with Gasteiger partial charge in [-0.05, 0) is 42.8 Å². The summed E-state index contributed by atoms with van der Waals surface area (Å²) in [5.41, 5.74) is 1.05. The first-order valence-electron chi connectivity index (χ1n) is 7.79. The van der Waals surface area contributed by atoms with E-state index in [0.29, 0.717) is 27.5 Å². The van der Waals surface area contributed by atoms with E-state index in [1.54, 1.807) is 24.3 Å². The number of halogens is 1. The third-order valence-electron chi connectivity index (χ3n) is 3.34. The van der Waals surface area contributed by atoms with Crippen LogP contribution < -0.4 is 14.8 Å². The molecule has 134 valence electrons. The topological polar surface area (TPSA) is 73.3 Å². The Morgan fingerprint density at radius 1 is 1.12 bits per heavy atom. The van der Waals surface area contributed by atoms with E-state index < -0.39 is 0 Å². The SMILES string of the molecule is Cc1ccccc1OCc1nnc(NC(=O)COc2ccc(Cl)cc2)s1. The van der Waals surface area contributed by atoms with Crippen LogP contribution in [0.15, 0.2) is 48.5 Å². The van der Waals surface area contributed by atoms with Crippen molar-refractivity contribution in [2.75, 3.05) is 11.9 Å². The standard InChI is InChI=1S/C18H16ClN3O3S/c1-12-4-2-3-5-15(12)25-11-17-21-22-18(26-17)20-16(23)10-24-14-8-6-13(19)7-9-14/h2-9H,10-11H2,1H3,(H,20,22,23). The lowest BCUT2D eigenvalue weighted by molar-refractivity contribution is -0.118. The van der Waals surface area contributed by atoms with E-state index in [4.69, 9.17) is 21.1 Å². The predicted molar refractivity (Wildman–Crippen MR) is 101 cm³/mol. The van der Waals surface area contributed by atoms with Crippen LogP contribution in [0, 0.1) is 6.92 Å². The van der Waals surface area contributed by atoms with Crippen molar-refractivity contribution in [2.45, 2.75) is 13.5 Å². The maximum atomic E-state index is 11.9. The maximum Gasteiger partial charge on any atom is 0.264 e. The van der Waals surface area contributed by atoms with Gasteiger partial charge in [0.25, 0.3) is 5.91 Å². The molecule has 0 aliphatic heterocycles. The van der Waals surface area contributed by atoms with Crippen LogP contribution in [0.3, 0.4) is 0 Å². The van der Waals surface area contributed by atoms with Crippen LogP contribution in [0.25, 0.3) is 0 Å². The minimum absolute atomic E-state index is 0.129. The molecule has 6 nitrogen and oxygen atoms in total. The first kappa shape index (κ1) is 18.2. The number of para-hydroxylation sites is 1. The fraction of sp³-hybridized carbons (Fsp3) is 0.167. The molecule has 0 fully saturated rings. The van der Waals surface area contributed by atoms with Gasteiger partial charge in [0.2, 0.25) is 5.13 Å². The van der Waals surface area contributed by atoms with Gasteiger partial charge in [-0.25, -0.2) is 0 Å². The molecule has 0 unspecified atom stereocenters. The summed E-state index contributed by atoms with van der Waals surface area (Å²) in [5.74, 6) is 1.04. The monoisotopic (exact) mass is 389 g/mol. The highest BCUT2D eigenvalue weighted by Crippen LogP contribution is 2.21. The van der Waals surface area contributed by atoms with Crippen LogP contribution in [0.5, 0.6) is 11.5 Å². The van der Waals surface area contributed by atoms with Gasteiger partial charge in [-0.2, -0.15) is 0 Å². The summed E-state index contributed by atoms with van der Waals surface area (Å²) >= 11 is 7.06. The molecular formula is C18H16ClN3O3S. The predicted octanol–water partition coefficient (Wildman–Crippen LogP) is 4.10. The number of ether oxygens (including phenoxy) is 2. The molecule has 0 atom stereocenters. The quantitative estimate of drug-likeness (QED) is 0.658. The summed E-state index contributed by atoms with van der Waals surface area (Å²) in [7, 11) is 0. The average Bonchev–Trinajstić information content (AvgIpc) is 3.08. The minimum Gasteiger partial charge on any atom is -0.486 e. The van der Waals surface area contributed by atoms with Crippen molar-refractivity contribution in [1.29, 1.82) is 0 Å². The zero-order chi connectivity index (χ0) is 18.4. The van der Waals surface area contributed by atoms with Crippen LogP contribution in [0.1, 0.15) is 10.6 Å². The van der Waals surface area contributed by atoms with Gasteiger partial charge in [0.05, 0.1) is 0 Å². The number of carbonyl (C=O) groups is 1. The van der Waals surface area contributed by atoms with Crippen LogP contribution in [-0.4, -0.2) is 22.7 Å². The molecule has 0 aliphatic rings. The number of hydrogen-bond acceptors (Lipinski definition) is 6. The second-order valence-corrected chi connectivity index (χ2v) is 6.84. The first-order valence-corrected chi connectivity index (χ1v) is 8.98. The van der Waals surface area contributed by atoms with E-state index in [2.05, 4.69) is 15.5 Å². The van der Waals surface area contributed by atoms with Crippen molar-refractivity contribution < 1.29 is 14.3 Å². The Bertz CT molecular complexity index is 883. The molecule has 0 bridgehead atoms. The van der Waals surface area contributed by atoms with Crippen LogP contribution in [0.2, 0.25) is 5.02 Å². The molecular weight excluding hydrogens is 374 g/mol. The van der Waals surface area contributed by atoms with Gasteiger partial charge in [-0.3, -0.25) is 10.1 Å². The zero-order valence-electron chi connectivity index (χ0n) is 13.9. The van der Waals surface area contributed by atoms with Crippen molar-refractivity contribution in [1.82, 2.24) is 10.2 Å². The summed E-state index contributed by atoms with van der Waals surface area (Å²) in [6, 6.07) is 14.5. The van der Waals surface area contributed by atoms with Gasteiger partial charge in [-0.1, -0.05) is 41.1 Å². The van der Waals surface area contributed by atoms with Crippen molar-refractivity contribution in [2.24, 2.45) is 0 Å². The number of carbonyl (C=O) groups excluding carboxylic acids is 1. The molecule has 0 saturated heterocycles. The molecule has 1 amide bonds. The highest BCUT2D eigenvalue weighted by atomic mass is 35.5. The molecule has 8 heteroatoms. The number of anilines is 1. The maximum absolute atomic E-state index is 11.9. The highest BCUT2D eigenvalue weighted by molar-refractivity contribution is 7.15. The van der Waals surface area contributed by atoms with Crippen molar-refractivity contribution in [3.8, 4) is 11.5 Å². The number of nitrogens with zero attached hydrogens (tertiary/aromatic N) is 2. The van der Waals surface area contributed by atoms with Crippen molar-refractivity contribution in [3.63, 3.8) is 0 Å². The Balaban J connectivity index is 1.47. The Morgan fingerprint density at radius 3 is 2.65 bits per heavy atom. The van der Waals surface area contributed by atoms with E-state index in [1.165, 1.54) is 11.3 Å². The fourth-order valence-electron chi connectivity index (χ4n) is 2.06. The van der Waals surface area contributed by atoms with E-state index in [0.717, 1.165) is 11.3 Å². The van der Waals surface area contributed by atoms with Crippen LogP contribution in [-0.2, 0) is 11.4 Å². The third-order valence-corrected chi connectivity index (χ3v) is 4.41. The molecule has 2 aromatic carbocycles. The van der Waals surface area contributed by atoms with E-state index >= 15 is 0 Å². The third kappa shape index (κ3) is 5.18. The number of aryl methyl sites for hydroxylation is 1. The lowest BCUT2D eigenvalue weighted by atomic mass is 10.2. The Kier molecular flexibility index (Phi) is 6.04.